The molecule has 0 saturated heterocycles. The highest BCUT2D eigenvalue weighted by atomic mass is 16.5. The number of fused-ring (bicyclic) bond motifs is 1. The second kappa shape index (κ2) is 7.47. The first-order valence-corrected chi connectivity index (χ1v) is 7.74. The maximum atomic E-state index is 11.2. The highest BCUT2D eigenvalue weighted by molar-refractivity contribution is 5.83. The summed E-state index contributed by atoms with van der Waals surface area (Å²) in [6.07, 6.45) is 2.40. The molecule has 0 amide bonds. The van der Waals surface area contributed by atoms with Crippen molar-refractivity contribution in [2.24, 2.45) is 0 Å². The Hall–Kier alpha value is -3.07. The molecule has 0 aliphatic heterocycles. The van der Waals surface area contributed by atoms with Crippen molar-refractivity contribution in [3.05, 3.63) is 84.4 Å². The van der Waals surface area contributed by atoms with Gasteiger partial charge < -0.3 is 9.47 Å². The number of benzene rings is 3. The topological polar surface area (TPSA) is 35.5 Å². The van der Waals surface area contributed by atoms with Crippen molar-refractivity contribution < 1.29 is 14.3 Å². The molecule has 3 nitrogen and oxygen atoms in total. The zero-order valence-electron chi connectivity index (χ0n) is 13.3. The number of para-hydroxylation sites is 1. The normalized spacial score (nSPS) is 10.3. The molecule has 0 aliphatic rings. The van der Waals surface area contributed by atoms with Gasteiger partial charge in [-0.3, -0.25) is 4.79 Å². The summed E-state index contributed by atoms with van der Waals surface area (Å²) >= 11 is 0. The Balaban J connectivity index is 1.82. The first-order chi connectivity index (χ1) is 11.8. The van der Waals surface area contributed by atoms with Crippen LogP contribution in [-0.2, 0) is 6.61 Å². The third-order valence-electron chi connectivity index (χ3n) is 3.69. The summed E-state index contributed by atoms with van der Waals surface area (Å²) in [5.41, 5.74) is 1.52. The summed E-state index contributed by atoms with van der Waals surface area (Å²) in [5, 5.41) is 2.36. The maximum absolute atomic E-state index is 11.2. The van der Waals surface area contributed by atoms with Crippen LogP contribution in [0.4, 0.5) is 0 Å². The van der Waals surface area contributed by atoms with Gasteiger partial charge in [0.05, 0.1) is 5.56 Å². The van der Waals surface area contributed by atoms with E-state index in [4.69, 9.17) is 9.47 Å². The fraction of sp³-hybridized carbons (Fsp3) is 0.0952. The van der Waals surface area contributed by atoms with Gasteiger partial charge in [0, 0.05) is 0 Å². The van der Waals surface area contributed by atoms with Crippen LogP contribution in [0.1, 0.15) is 15.9 Å². The van der Waals surface area contributed by atoms with Gasteiger partial charge in [-0.25, -0.2) is 0 Å². The Morgan fingerprint density at radius 2 is 1.75 bits per heavy atom. The third-order valence-corrected chi connectivity index (χ3v) is 3.69. The van der Waals surface area contributed by atoms with Crippen molar-refractivity contribution in [2.75, 3.05) is 6.61 Å². The summed E-state index contributed by atoms with van der Waals surface area (Å²) in [6.45, 7) is 4.35. The molecule has 0 atom stereocenters. The molecular weight excluding hydrogens is 300 g/mol. The van der Waals surface area contributed by atoms with Crippen molar-refractivity contribution in [1.29, 1.82) is 0 Å². The summed E-state index contributed by atoms with van der Waals surface area (Å²) < 4.78 is 11.5. The highest BCUT2D eigenvalue weighted by Crippen LogP contribution is 2.31. The number of aldehydes is 1. The molecule has 0 aliphatic carbocycles. The third kappa shape index (κ3) is 3.46. The lowest BCUT2D eigenvalue weighted by molar-refractivity contribution is 0.111. The lowest BCUT2D eigenvalue weighted by atomic mass is 10.1. The molecule has 3 heteroatoms. The van der Waals surface area contributed by atoms with Crippen LogP contribution in [0, 0.1) is 0 Å². The van der Waals surface area contributed by atoms with Crippen molar-refractivity contribution in [3.8, 4) is 11.5 Å². The molecule has 0 heterocycles. The first kappa shape index (κ1) is 15.8. The molecular formula is C21H18O3. The predicted molar refractivity (Wildman–Crippen MR) is 95.8 cm³/mol. The van der Waals surface area contributed by atoms with E-state index >= 15 is 0 Å². The number of carbonyl (C=O) groups is 1. The minimum atomic E-state index is 0.317. The van der Waals surface area contributed by atoms with Crippen molar-refractivity contribution in [3.63, 3.8) is 0 Å². The fourth-order valence-electron chi connectivity index (χ4n) is 2.53. The van der Waals surface area contributed by atoms with E-state index in [-0.39, 0.29) is 0 Å². The number of hydrogen-bond donors (Lipinski definition) is 0. The molecule has 120 valence electrons. The van der Waals surface area contributed by atoms with Crippen LogP contribution >= 0.6 is 0 Å². The van der Waals surface area contributed by atoms with Gasteiger partial charge in [0.25, 0.3) is 0 Å². The molecule has 0 bridgehead atoms. The zero-order valence-corrected chi connectivity index (χ0v) is 13.3. The predicted octanol–water partition coefficient (Wildman–Crippen LogP) is 4.80. The summed E-state index contributed by atoms with van der Waals surface area (Å²) in [5.74, 6) is 1.00. The fourth-order valence-corrected chi connectivity index (χ4v) is 2.53. The van der Waals surface area contributed by atoms with Crippen LogP contribution < -0.4 is 9.47 Å². The Kier molecular flexibility index (Phi) is 4.92. The molecule has 24 heavy (non-hydrogen) atoms. The van der Waals surface area contributed by atoms with E-state index in [1.807, 2.05) is 18.2 Å². The summed E-state index contributed by atoms with van der Waals surface area (Å²) in [7, 11) is 0. The van der Waals surface area contributed by atoms with Gasteiger partial charge in [-0.1, -0.05) is 55.1 Å². The Bertz CT molecular complexity index is 868. The average molecular weight is 318 g/mol. The molecule has 0 saturated carbocycles. The van der Waals surface area contributed by atoms with E-state index in [9.17, 15) is 4.79 Å². The molecule has 3 rings (SSSR count). The second-order valence-electron chi connectivity index (χ2n) is 5.36. The van der Waals surface area contributed by atoms with Crippen LogP contribution in [0.25, 0.3) is 10.8 Å². The van der Waals surface area contributed by atoms with Gasteiger partial charge in [0.2, 0.25) is 0 Å². The van der Waals surface area contributed by atoms with Gasteiger partial charge in [0.1, 0.15) is 13.2 Å². The van der Waals surface area contributed by atoms with Crippen LogP contribution in [0.3, 0.4) is 0 Å². The van der Waals surface area contributed by atoms with E-state index in [1.54, 1.807) is 24.3 Å². The Morgan fingerprint density at radius 1 is 0.917 bits per heavy atom. The zero-order chi connectivity index (χ0) is 16.8. The number of hydrogen-bond acceptors (Lipinski definition) is 3. The van der Waals surface area contributed by atoms with Crippen molar-refractivity contribution in [1.82, 2.24) is 0 Å². The molecule has 0 N–H and O–H groups in total. The van der Waals surface area contributed by atoms with Crippen LogP contribution in [0.5, 0.6) is 11.5 Å². The average Bonchev–Trinajstić information content (AvgIpc) is 2.64. The number of ether oxygens (including phenoxy) is 2. The largest absolute Gasteiger partial charge is 0.485 e. The highest BCUT2D eigenvalue weighted by Gasteiger charge is 2.10. The Labute approximate surface area is 141 Å². The van der Waals surface area contributed by atoms with E-state index in [2.05, 4.69) is 30.8 Å². The van der Waals surface area contributed by atoms with E-state index in [0.29, 0.717) is 30.3 Å². The van der Waals surface area contributed by atoms with E-state index in [0.717, 1.165) is 11.8 Å². The molecule has 0 spiro atoms. The first-order valence-electron chi connectivity index (χ1n) is 7.74. The van der Waals surface area contributed by atoms with Crippen LogP contribution in [0.2, 0.25) is 0 Å². The van der Waals surface area contributed by atoms with E-state index < -0.39 is 0 Å². The second-order valence-corrected chi connectivity index (χ2v) is 5.36. The molecule has 3 aromatic rings. The van der Waals surface area contributed by atoms with Gasteiger partial charge >= 0.3 is 0 Å². The number of carbonyl (C=O) groups excluding carboxylic acids is 1. The molecule has 0 radical (unpaired) electrons. The Morgan fingerprint density at radius 3 is 2.54 bits per heavy atom. The quantitative estimate of drug-likeness (QED) is 0.464. The molecule has 0 unspecified atom stereocenters. The minimum Gasteiger partial charge on any atom is -0.485 e. The summed E-state index contributed by atoms with van der Waals surface area (Å²) in [6, 6.07) is 19.7. The smallest absolute Gasteiger partial charge is 0.172 e. The van der Waals surface area contributed by atoms with Crippen LogP contribution in [-0.4, -0.2) is 12.9 Å². The van der Waals surface area contributed by atoms with Gasteiger partial charge in [-0.2, -0.15) is 0 Å². The minimum absolute atomic E-state index is 0.317. The van der Waals surface area contributed by atoms with Crippen LogP contribution in [0.15, 0.2) is 73.3 Å². The standard InChI is InChI=1S/C21H18O3/c1-2-12-23-21-19(14-22)8-5-9-20(21)24-15-16-10-11-17-6-3-4-7-18(17)13-16/h2-11,13-14H,1,12,15H2. The summed E-state index contributed by atoms with van der Waals surface area (Å²) in [4.78, 5) is 11.2. The lowest BCUT2D eigenvalue weighted by Crippen LogP contribution is -2.02. The molecule has 3 aromatic carbocycles. The maximum Gasteiger partial charge on any atom is 0.172 e. The van der Waals surface area contributed by atoms with Crippen molar-refractivity contribution in [2.45, 2.75) is 6.61 Å². The van der Waals surface area contributed by atoms with Gasteiger partial charge in [-0.05, 0) is 34.5 Å². The monoisotopic (exact) mass is 318 g/mol. The lowest BCUT2D eigenvalue weighted by Gasteiger charge is -2.14. The SMILES string of the molecule is C=CCOc1c(C=O)cccc1OCc1ccc2ccccc2c1. The van der Waals surface area contributed by atoms with Gasteiger partial charge in [0.15, 0.2) is 17.8 Å². The van der Waals surface area contributed by atoms with E-state index in [1.165, 1.54) is 10.8 Å². The molecule has 0 fully saturated rings. The molecule has 0 aromatic heterocycles. The van der Waals surface area contributed by atoms with Crippen molar-refractivity contribution >= 4 is 17.1 Å². The van der Waals surface area contributed by atoms with Gasteiger partial charge in [-0.15, -0.1) is 0 Å². The number of rotatable bonds is 7.